The van der Waals surface area contributed by atoms with Gasteiger partial charge >= 0.3 is 19.8 Å². The van der Waals surface area contributed by atoms with E-state index in [1.807, 2.05) is 21.1 Å². The third-order valence-corrected chi connectivity index (χ3v) is 12.9. The number of phosphoric ester groups is 1. The van der Waals surface area contributed by atoms with Gasteiger partial charge in [-0.25, -0.2) is 4.57 Å². The number of quaternary nitrogens is 1. The number of hydrogen-bond donors (Lipinski definition) is 3. The maximum atomic E-state index is 12.9. The number of furan rings is 1. The largest absolute Gasteiger partial charge is 0.472 e. The van der Waals surface area contributed by atoms with E-state index in [2.05, 4.69) is 27.7 Å². The van der Waals surface area contributed by atoms with Crippen LogP contribution in [0.5, 0.6) is 0 Å². The Morgan fingerprint density at radius 1 is 0.806 bits per heavy atom. The van der Waals surface area contributed by atoms with Crippen LogP contribution in [0.1, 0.15) is 171 Å². The monoisotopic (exact) mass is 899 g/mol. The number of carbonyl (C=O) groups is 3. The molecule has 1 saturated carbocycles. The quantitative estimate of drug-likeness (QED) is 0.0191. The van der Waals surface area contributed by atoms with Crippen molar-refractivity contribution in [1.82, 2.24) is 0 Å². The second kappa shape index (κ2) is 30.7. The number of allylic oxidation sites excluding steroid dienone is 1. The average molecular weight is 899 g/mol. The topological polar surface area (TPSA) is 179 Å². The van der Waals surface area contributed by atoms with Crippen LogP contribution in [-0.4, -0.2) is 103 Å². The zero-order chi connectivity index (χ0) is 46.0. The number of likely N-dealkylation sites (N-methyl/N-ethyl adjacent to an activating group) is 1. The van der Waals surface area contributed by atoms with E-state index in [9.17, 15) is 34.1 Å². The third-order valence-electron chi connectivity index (χ3n) is 11.9. The molecule has 358 valence electrons. The number of aliphatic hydroxyl groups is 2. The minimum absolute atomic E-state index is 0.000470. The summed E-state index contributed by atoms with van der Waals surface area (Å²) in [6, 6.07) is 0. The molecule has 0 bridgehead atoms. The van der Waals surface area contributed by atoms with Gasteiger partial charge in [0, 0.05) is 38.0 Å². The molecule has 1 fully saturated rings. The van der Waals surface area contributed by atoms with Gasteiger partial charge < -0.3 is 33.5 Å². The van der Waals surface area contributed by atoms with Gasteiger partial charge in [-0.15, -0.1) is 0 Å². The number of aryl methyl sites for hydroxylation is 2. The number of hydrogen-bond acceptors (Lipinski definition) is 11. The third kappa shape index (κ3) is 24.1. The summed E-state index contributed by atoms with van der Waals surface area (Å²) in [7, 11) is 1.31. The molecule has 1 aliphatic carbocycles. The normalized spacial score (nSPS) is 18.9. The Balaban J connectivity index is 1.76. The van der Waals surface area contributed by atoms with Crippen LogP contribution in [-0.2, 0) is 50.3 Å². The molecular weight excluding hydrogens is 813 g/mol. The van der Waals surface area contributed by atoms with Crippen molar-refractivity contribution >= 4 is 25.5 Å². The fourth-order valence-corrected chi connectivity index (χ4v) is 8.54. The van der Waals surface area contributed by atoms with E-state index in [-0.39, 0.29) is 44.2 Å². The van der Waals surface area contributed by atoms with Crippen molar-refractivity contribution in [2.75, 3.05) is 47.5 Å². The molecule has 1 aromatic rings. The molecule has 0 spiro atoms. The Labute approximate surface area is 373 Å². The first-order valence-electron chi connectivity index (χ1n) is 23.9. The molecule has 3 N–H and O–H groups in total. The number of unbranched alkanes of at least 4 members (excludes halogenated alkanes) is 12. The van der Waals surface area contributed by atoms with E-state index in [1.165, 1.54) is 24.0 Å². The molecule has 1 unspecified atom stereocenters. The number of nitrogens with zero attached hydrogens (tertiary/aromatic N) is 1. The van der Waals surface area contributed by atoms with Gasteiger partial charge in [-0.05, 0) is 69.4 Å². The number of aliphatic hydroxyl groups excluding tert-OH is 2. The molecule has 2 rings (SSSR count). The van der Waals surface area contributed by atoms with Crippen molar-refractivity contribution in [2.45, 2.75) is 194 Å². The standard InChI is InChI=1S/C48H84NO12P/c1-8-10-18-24-39(50)30-31-42-41(43(51)34-44(42)52)25-20-16-17-23-29-48(54)60-40(36-59-62(55,56)58-33-32-49(5,6)7)35-57-47(53)28-22-15-13-12-14-21-27-46-38(4)37(3)45(61-46)26-19-11-9-2/h30-31,39-43,50-51H,8-29,32-36H2,1-7H3/p+1/b31-30+/t39-,40+,41+,42+,43-/m0/s1. The molecule has 6 atom stereocenters. The molecule has 1 aliphatic rings. The Hall–Kier alpha value is -2.38. The SMILES string of the molecule is CCCCCc1oc(CCCCCCCCC(=O)OC[C@H](COP(=O)(O)OCC[N+](C)(C)C)OC(=O)CCCCCC[C@H]2[C@@H](O)CC(=O)[C@@H]2/C=C/[C@@H](O)CCCCC)c(C)c1C. The van der Waals surface area contributed by atoms with E-state index >= 15 is 0 Å². The zero-order valence-corrected chi connectivity index (χ0v) is 40.4. The first-order valence-corrected chi connectivity index (χ1v) is 25.4. The lowest BCUT2D eigenvalue weighted by atomic mass is 9.88. The van der Waals surface area contributed by atoms with Gasteiger partial charge in [0.1, 0.15) is 37.1 Å². The number of esters is 2. The van der Waals surface area contributed by atoms with Crippen molar-refractivity contribution in [3.8, 4) is 0 Å². The lowest BCUT2D eigenvalue weighted by molar-refractivity contribution is -0.870. The van der Waals surface area contributed by atoms with E-state index in [0.29, 0.717) is 43.1 Å². The van der Waals surface area contributed by atoms with Crippen molar-refractivity contribution in [1.29, 1.82) is 0 Å². The highest BCUT2D eigenvalue weighted by molar-refractivity contribution is 7.47. The van der Waals surface area contributed by atoms with Crippen LogP contribution in [0.3, 0.4) is 0 Å². The summed E-state index contributed by atoms with van der Waals surface area (Å²) in [5.41, 5.74) is 2.58. The van der Waals surface area contributed by atoms with Crippen molar-refractivity contribution in [3.05, 3.63) is 34.8 Å². The fourth-order valence-electron chi connectivity index (χ4n) is 7.80. The van der Waals surface area contributed by atoms with Crippen LogP contribution in [0.15, 0.2) is 16.6 Å². The summed E-state index contributed by atoms with van der Waals surface area (Å²) < 4.78 is 40.6. The minimum atomic E-state index is -4.46. The molecule has 1 aromatic heterocycles. The van der Waals surface area contributed by atoms with Crippen LogP contribution < -0.4 is 0 Å². The summed E-state index contributed by atoms with van der Waals surface area (Å²) in [4.78, 5) is 48.4. The first kappa shape index (κ1) is 55.8. The van der Waals surface area contributed by atoms with E-state index in [4.69, 9.17) is 22.9 Å². The molecule has 13 nitrogen and oxygen atoms in total. The van der Waals surface area contributed by atoms with Crippen molar-refractivity contribution in [2.24, 2.45) is 11.8 Å². The molecule has 0 saturated heterocycles. The number of carbonyl (C=O) groups excluding carboxylic acids is 3. The summed E-state index contributed by atoms with van der Waals surface area (Å²) >= 11 is 0. The minimum Gasteiger partial charge on any atom is -0.466 e. The van der Waals surface area contributed by atoms with Gasteiger partial charge in [0.05, 0.1) is 40.0 Å². The van der Waals surface area contributed by atoms with Crippen molar-refractivity contribution < 1.29 is 61.5 Å². The molecule has 0 radical (unpaired) electrons. The summed E-state index contributed by atoms with van der Waals surface area (Å²) in [6.07, 6.45) is 20.0. The summed E-state index contributed by atoms with van der Waals surface area (Å²) in [5.74, 6) is 0.672. The summed E-state index contributed by atoms with van der Waals surface area (Å²) in [5, 5.41) is 20.8. The van der Waals surface area contributed by atoms with Gasteiger partial charge in [0.15, 0.2) is 6.10 Å². The molecule has 14 heteroatoms. The van der Waals surface area contributed by atoms with Crippen LogP contribution in [0.4, 0.5) is 0 Å². The Bertz CT molecular complexity index is 1500. The number of ether oxygens (including phenoxy) is 2. The first-order chi connectivity index (χ1) is 29.5. The lowest BCUT2D eigenvalue weighted by Crippen LogP contribution is -2.37. The average Bonchev–Trinajstić information content (AvgIpc) is 3.63. The predicted molar refractivity (Wildman–Crippen MR) is 243 cm³/mol. The van der Waals surface area contributed by atoms with E-state index in [0.717, 1.165) is 95.0 Å². The molecule has 1 heterocycles. The number of phosphoric acid groups is 1. The fraction of sp³-hybridized carbons (Fsp3) is 0.812. The molecular formula is C48H85NO12P+. The van der Waals surface area contributed by atoms with Crippen LogP contribution in [0, 0.1) is 25.7 Å². The summed E-state index contributed by atoms with van der Waals surface area (Å²) in [6.45, 7) is 8.28. The highest BCUT2D eigenvalue weighted by atomic mass is 31.2. The second-order valence-corrected chi connectivity index (χ2v) is 20.0. The van der Waals surface area contributed by atoms with Gasteiger partial charge in [0.2, 0.25) is 0 Å². The van der Waals surface area contributed by atoms with Crippen molar-refractivity contribution in [3.63, 3.8) is 0 Å². The molecule has 0 aromatic carbocycles. The number of rotatable bonds is 36. The molecule has 0 aliphatic heterocycles. The highest BCUT2D eigenvalue weighted by Gasteiger charge is 2.39. The predicted octanol–water partition coefficient (Wildman–Crippen LogP) is 9.60. The number of Topliss-reactive ketones (excluding diaryl/α,β-unsaturated/α-hetero) is 1. The molecule has 62 heavy (non-hydrogen) atoms. The highest BCUT2D eigenvalue weighted by Crippen LogP contribution is 2.43. The van der Waals surface area contributed by atoms with Gasteiger partial charge in [-0.1, -0.05) is 103 Å². The van der Waals surface area contributed by atoms with E-state index in [1.54, 1.807) is 12.2 Å². The van der Waals surface area contributed by atoms with Crippen LogP contribution in [0.25, 0.3) is 0 Å². The Morgan fingerprint density at radius 3 is 2.00 bits per heavy atom. The molecule has 0 amide bonds. The van der Waals surface area contributed by atoms with Crippen LogP contribution in [0.2, 0.25) is 0 Å². The number of ketones is 1. The van der Waals surface area contributed by atoms with Crippen LogP contribution >= 0.6 is 7.82 Å². The second-order valence-electron chi connectivity index (χ2n) is 18.5. The van der Waals surface area contributed by atoms with Gasteiger partial charge in [-0.2, -0.15) is 0 Å². The smallest absolute Gasteiger partial charge is 0.466 e. The maximum Gasteiger partial charge on any atom is 0.472 e. The Morgan fingerprint density at radius 2 is 1.37 bits per heavy atom. The van der Waals surface area contributed by atoms with Gasteiger partial charge in [-0.3, -0.25) is 23.4 Å². The lowest BCUT2D eigenvalue weighted by Gasteiger charge is -2.24. The maximum absolute atomic E-state index is 12.9. The van der Waals surface area contributed by atoms with E-state index < -0.39 is 50.6 Å². The Kier molecular flexibility index (Phi) is 27.6. The van der Waals surface area contributed by atoms with Gasteiger partial charge in [0.25, 0.3) is 0 Å². The zero-order valence-electron chi connectivity index (χ0n) is 39.5.